The minimum absolute atomic E-state index is 0.0943. The number of fused-ring (bicyclic) bond motifs is 1. The van der Waals surface area contributed by atoms with Gasteiger partial charge < -0.3 is 15.2 Å². The van der Waals surface area contributed by atoms with Crippen LogP contribution in [0.4, 0.5) is 0 Å². The molecule has 0 amide bonds. The van der Waals surface area contributed by atoms with Crippen molar-refractivity contribution < 1.29 is 14.6 Å². The Balaban J connectivity index is 1.82. The number of ether oxygens (including phenoxy) is 1. The Kier molecular flexibility index (Phi) is 4.89. The molecule has 0 aromatic heterocycles. The van der Waals surface area contributed by atoms with E-state index in [9.17, 15) is 9.90 Å². The molecule has 134 valence electrons. The third kappa shape index (κ3) is 2.84. The van der Waals surface area contributed by atoms with Crippen LogP contribution in [0, 0.1) is 23.2 Å². The topological polar surface area (TPSA) is 58.6 Å². The zero-order chi connectivity index (χ0) is 17.5. The second-order valence-electron chi connectivity index (χ2n) is 8.16. The number of aliphatic hydroxyl groups excluding tert-OH is 1. The van der Waals surface area contributed by atoms with Gasteiger partial charge >= 0.3 is 5.97 Å². The molecular formula is C20H31NO3. The Morgan fingerprint density at radius 3 is 2.83 bits per heavy atom. The molecular weight excluding hydrogens is 302 g/mol. The number of esters is 1. The largest absolute Gasteiger partial charge is 0.459 e. The fourth-order valence-electron chi connectivity index (χ4n) is 5.57. The number of rotatable bonds is 3. The predicted molar refractivity (Wildman–Crippen MR) is 94.4 cm³/mol. The van der Waals surface area contributed by atoms with E-state index >= 15 is 0 Å². The molecule has 4 heteroatoms. The highest BCUT2D eigenvalue weighted by atomic mass is 16.6. The van der Waals surface area contributed by atoms with Gasteiger partial charge in [-0.3, -0.25) is 0 Å². The van der Waals surface area contributed by atoms with Gasteiger partial charge in [-0.1, -0.05) is 32.1 Å². The highest BCUT2D eigenvalue weighted by molar-refractivity contribution is 5.91. The quantitative estimate of drug-likeness (QED) is 0.474. The van der Waals surface area contributed by atoms with E-state index in [0.29, 0.717) is 29.4 Å². The number of carbonyl (C=O) groups is 1. The maximum atomic E-state index is 11.8. The van der Waals surface area contributed by atoms with Crippen LogP contribution in [0.3, 0.4) is 0 Å². The maximum Gasteiger partial charge on any atom is 0.336 e. The fraction of sp³-hybridized carbons (Fsp3) is 0.750. The van der Waals surface area contributed by atoms with Crippen molar-refractivity contribution in [2.75, 3.05) is 13.7 Å². The average Bonchev–Trinajstić information content (AvgIpc) is 2.86. The number of aliphatic hydroxyl groups is 1. The van der Waals surface area contributed by atoms with Crippen LogP contribution in [0.1, 0.15) is 46.0 Å². The summed E-state index contributed by atoms with van der Waals surface area (Å²) in [6.45, 7) is 9.24. The fourth-order valence-corrected chi connectivity index (χ4v) is 5.57. The Morgan fingerprint density at radius 2 is 2.21 bits per heavy atom. The molecule has 1 unspecified atom stereocenters. The van der Waals surface area contributed by atoms with Crippen molar-refractivity contribution in [3.05, 3.63) is 23.8 Å². The van der Waals surface area contributed by atoms with Gasteiger partial charge in [0, 0.05) is 6.04 Å². The van der Waals surface area contributed by atoms with Crippen LogP contribution in [0.5, 0.6) is 0 Å². The van der Waals surface area contributed by atoms with Crippen LogP contribution in [-0.4, -0.2) is 36.9 Å². The van der Waals surface area contributed by atoms with Crippen LogP contribution >= 0.6 is 0 Å². The summed E-state index contributed by atoms with van der Waals surface area (Å²) in [5, 5.41) is 13.4. The van der Waals surface area contributed by atoms with E-state index < -0.39 is 6.10 Å². The molecule has 3 aliphatic rings. The van der Waals surface area contributed by atoms with E-state index in [-0.39, 0.29) is 18.0 Å². The molecule has 2 N–H and O–H groups in total. The Bertz CT molecular complexity index is 555. The first-order valence-electron chi connectivity index (χ1n) is 9.28. The summed E-state index contributed by atoms with van der Waals surface area (Å²) >= 11 is 0. The molecule has 6 atom stereocenters. The van der Waals surface area contributed by atoms with E-state index in [1.54, 1.807) is 0 Å². The lowest BCUT2D eigenvalue weighted by atomic mass is 9.50. The van der Waals surface area contributed by atoms with Gasteiger partial charge in [-0.05, 0) is 62.3 Å². The molecule has 2 saturated carbocycles. The highest BCUT2D eigenvalue weighted by Gasteiger charge is 2.50. The first kappa shape index (κ1) is 17.7. The van der Waals surface area contributed by atoms with Gasteiger partial charge in [-0.15, -0.1) is 0 Å². The van der Waals surface area contributed by atoms with Crippen molar-refractivity contribution in [2.24, 2.45) is 23.2 Å². The first-order chi connectivity index (χ1) is 11.4. The minimum Gasteiger partial charge on any atom is -0.459 e. The second-order valence-corrected chi connectivity index (χ2v) is 8.16. The number of allylic oxidation sites excluding steroid dienone is 2. The van der Waals surface area contributed by atoms with Gasteiger partial charge in [-0.2, -0.15) is 0 Å². The van der Waals surface area contributed by atoms with Crippen LogP contribution in [0.25, 0.3) is 0 Å². The lowest BCUT2D eigenvalue weighted by Crippen LogP contribution is -2.52. The summed E-state index contributed by atoms with van der Waals surface area (Å²) in [5.41, 5.74) is 1.97. The summed E-state index contributed by atoms with van der Waals surface area (Å²) in [6.07, 6.45) is 6.59. The lowest BCUT2D eigenvalue weighted by molar-refractivity contribution is -0.135. The monoisotopic (exact) mass is 333 g/mol. The third-order valence-electron chi connectivity index (χ3n) is 7.09. The molecule has 1 heterocycles. The summed E-state index contributed by atoms with van der Waals surface area (Å²) in [4.78, 5) is 11.8. The highest BCUT2D eigenvalue weighted by Crippen LogP contribution is 2.57. The number of nitrogens with one attached hydrogen (secondary N) is 1. The summed E-state index contributed by atoms with van der Waals surface area (Å²) in [5.74, 6) is 1.35. The van der Waals surface area contributed by atoms with Crippen molar-refractivity contribution >= 4 is 5.97 Å². The molecule has 2 aliphatic carbocycles. The molecule has 0 aromatic rings. The van der Waals surface area contributed by atoms with Crippen LogP contribution in [-0.2, 0) is 9.53 Å². The number of hydrogen-bond donors (Lipinski definition) is 2. The number of hydrogen-bond acceptors (Lipinski definition) is 4. The van der Waals surface area contributed by atoms with E-state index in [1.807, 2.05) is 6.08 Å². The first-order valence-corrected chi connectivity index (χ1v) is 9.28. The summed E-state index contributed by atoms with van der Waals surface area (Å²) < 4.78 is 4.93. The summed E-state index contributed by atoms with van der Waals surface area (Å²) in [6, 6.07) is 0.597. The van der Waals surface area contributed by atoms with Gasteiger partial charge in [0.15, 0.2) is 0 Å². The second kappa shape index (κ2) is 6.64. The van der Waals surface area contributed by atoms with Gasteiger partial charge in [0.1, 0.15) is 12.7 Å². The van der Waals surface area contributed by atoms with Gasteiger partial charge in [0.05, 0.1) is 5.57 Å². The van der Waals surface area contributed by atoms with Crippen molar-refractivity contribution in [3.8, 4) is 0 Å². The number of cyclic esters (lactones) is 1. The molecule has 24 heavy (non-hydrogen) atoms. The molecule has 1 aliphatic heterocycles. The Labute approximate surface area is 145 Å². The molecule has 0 bridgehead atoms. The minimum atomic E-state index is -0.767. The van der Waals surface area contributed by atoms with Crippen molar-refractivity contribution in [2.45, 2.75) is 58.1 Å². The molecule has 3 fully saturated rings. The van der Waals surface area contributed by atoms with Crippen LogP contribution in [0.2, 0.25) is 0 Å². The summed E-state index contributed by atoms with van der Waals surface area (Å²) in [7, 11) is 2.07. The Morgan fingerprint density at radius 1 is 1.46 bits per heavy atom. The van der Waals surface area contributed by atoms with E-state index in [0.717, 1.165) is 12.8 Å². The zero-order valence-electron chi connectivity index (χ0n) is 15.2. The maximum absolute atomic E-state index is 11.8. The van der Waals surface area contributed by atoms with Crippen molar-refractivity contribution in [1.82, 2.24) is 5.32 Å². The van der Waals surface area contributed by atoms with Crippen LogP contribution < -0.4 is 5.32 Å². The SMILES string of the molecule is C=C1CC[C@@H]2[C@@H](C)C(NC)CC[C@@]2(C)[C@@H]1C/C=C1/C(=O)OC[C@H]1O. The molecule has 1 saturated heterocycles. The normalized spacial score (nSPS) is 44.5. The van der Waals surface area contributed by atoms with Gasteiger partial charge in [0.25, 0.3) is 0 Å². The molecule has 4 nitrogen and oxygen atoms in total. The molecule has 0 spiro atoms. The lowest BCUT2D eigenvalue weighted by Gasteiger charge is -2.56. The van der Waals surface area contributed by atoms with E-state index in [2.05, 4.69) is 32.8 Å². The smallest absolute Gasteiger partial charge is 0.336 e. The number of carbonyl (C=O) groups excluding carboxylic acids is 1. The average molecular weight is 333 g/mol. The molecule has 3 rings (SSSR count). The van der Waals surface area contributed by atoms with Crippen LogP contribution in [0.15, 0.2) is 23.8 Å². The molecule has 0 radical (unpaired) electrons. The zero-order valence-corrected chi connectivity index (χ0v) is 15.2. The van der Waals surface area contributed by atoms with Gasteiger partial charge in [-0.25, -0.2) is 4.79 Å². The molecule has 0 aromatic carbocycles. The Hall–Kier alpha value is -1.13. The van der Waals surface area contributed by atoms with Crippen molar-refractivity contribution in [3.63, 3.8) is 0 Å². The third-order valence-corrected chi connectivity index (χ3v) is 7.09. The standard InChI is InChI=1S/C20H31NO3/c1-12-5-7-16-13(2)17(21-4)9-10-20(16,3)15(12)8-6-14-18(22)11-24-19(14)23/h6,13,15-18,21-22H,1,5,7-11H2,2-4H3/b14-6+/t13-,15-,16-,17?,18-,20+/m1/s1. The van der Waals surface area contributed by atoms with E-state index in [4.69, 9.17) is 4.74 Å². The predicted octanol–water partition coefficient (Wildman–Crippen LogP) is 2.83. The van der Waals surface area contributed by atoms with E-state index in [1.165, 1.54) is 24.8 Å². The van der Waals surface area contributed by atoms with Gasteiger partial charge in [0.2, 0.25) is 0 Å². The van der Waals surface area contributed by atoms with Crippen molar-refractivity contribution in [1.29, 1.82) is 0 Å².